The van der Waals surface area contributed by atoms with Crippen molar-refractivity contribution in [1.29, 1.82) is 0 Å². The molecule has 1 heterocycles. The minimum Gasteiger partial charge on any atom is -0.367 e. The second-order valence-electron chi connectivity index (χ2n) is 7.42. The Bertz CT molecular complexity index is 1320. The monoisotopic (exact) mass is 432 g/mol. The van der Waals surface area contributed by atoms with Crippen LogP contribution in [0.25, 0.3) is 11.0 Å². The highest BCUT2D eigenvalue weighted by Crippen LogP contribution is 2.25. The molecule has 0 fully saturated rings. The van der Waals surface area contributed by atoms with Crippen LogP contribution in [0.15, 0.2) is 77.7 Å². The molecule has 0 unspecified atom stereocenters. The van der Waals surface area contributed by atoms with E-state index >= 15 is 0 Å². The van der Waals surface area contributed by atoms with Gasteiger partial charge in [-0.2, -0.15) is 0 Å². The lowest BCUT2D eigenvalue weighted by Gasteiger charge is -2.14. The van der Waals surface area contributed by atoms with E-state index in [2.05, 4.69) is 32.1 Å². The lowest BCUT2D eigenvalue weighted by Crippen LogP contribution is -2.17. The molecule has 2 N–H and O–H groups in total. The van der Waals surface area contributed by atoms with Gasteiger partial charge in [-0.15, -0.1) is 0 Å². The van der Waals surface area contributed by atoms with Gasteiger partial charge in [0.25, 0.3) is 10.0 Å². The quantitative estimate of drug-likeness (QED) is 0.442. The highest BCUT2D eigenvalue weighted by molar-refractivity contribution is 7.92. The van der Waals surface area contributed by atoms with Crippen molar-refractivity contribution in [3.8, 4) is 0 Å². The van der Waals surface area contributed by atoms with E-state index in [0.717, 1.165) is 17.5 Å². The number of fused-ring (bicyclic) bond motifs is 1. The standard InChI is InChI=1S/C24H24N4O2S/c1-17-12-13-20(16-18(17)2)31(29,30)28-24-23(25-15-14-19-8-4-3-5-9-19)26-21-10-6-7-11-22(21)27-24/h3-13,16H,14-15H2,1-2H3,(H,25,26)(H,27,28). The van der Waals surface area contributed by atoms with Gasteiger partial charge in [-0.1, -0.05) is 48.5 Å². The molecule has 0 saturated heterocycles. The van der Waals surface area contributed by atoms with Crippen molar-refractivity contribution in [2.24, 2.45) is 0 Å². The molecule has 7 heteroatoms. The maximum absolute atomic E-state index is 13.0. The molecule has 1 aromatic heterocycles. The highest BCUT2D eigenvalue weighted by atomic mass is 32.2. The van der Waals surface area contributed by atoms with Crippen LogP contribution >= 0.6 is 0 Å². The van der Waals surface area contributed by atoms with E-state index in [1.165, 1.54) is 5.56 Å². The Morgan fingerprint density at radius 3 is 2.10 bits per heavy atom. The van der Waals surface area contributed by atoms with Gasteiger partial charge in [0.05, 0.1) is 15.9 Å². The van der Waals surface area contributed by atoms with Gasteiger partial charge in [-0.25, -0.2) is 18.4 Å². The van der Waals surface area contributed by atoms with E-state index in [1.807, 2.05) is 56.3 Å². The number of aryl methyl sites for hydroxylation is 2. The minimum atomic E-state index is -3.81. The number of benzene rings is 3. The van der Waals surface area contributed by atoms with Gasteiger partial charge in [0.15, 0.2) is 11.6 Å². The molecule has 0 saturated carbocycles. The zero-order chi connectivity index (χ0) is 21.8. The van der Waals surface area contributed by atoms with Gasteiger partial charge in [-0.05, 0) is 61.2 Å². The summed E-state index contributed by atoms with van der Waals surface area (Å²) in [5.41, 5.74) is 4.44. The summed E-state index contributed by atoms with van der Waals surface area (Å²) >= 11 is 0. The summed E-state index contributed by atoms with van der Waals surface area (Å²) in [6, 6.07) is 22.5. The Balaban J connectivity index is 1.64. The van der Waals surface area contributed by atoms with Crippen molar-refractivity contribution in [3.63, 3.8) is 0 Å². The van der Waals surface area contributed by atoms with Crippen LogP contribution in [-0.4, -0.2) is 24.9 Å². The smallest absolute Gasteiger partial charge is 0.263 e. The Hall–Kier alpha value is -3.45. The fourth-order valence-electron chi connectivity index (χ4n) is 3.23. The summed E-state index contributed by atoms with van der Waals surface area (Å²) in [5.74, 6) is 0.590. The summed E-state index contributed by atoms with van der Waals surface area (Å²) in [5, 5.41) is 3.25. The normalized spacial score (nSPS) is 11.4. The molecule has 0 aliphatic rings. The van der Waals surface area contributed by atoms with E-state index in [9.17, 15) is 8.42 Å². The average molecular weight is 433 g/mol. The molecule has 0 aliphatic heterocycles. The van der Waals surface area contributed by atoms with Crippen molar-refractivity contribution in [3.05, 3.63) is 89.5 Å². The largest absolute Gasteiger partial charge is 0.367 e. The minimum absolute atomic E-state index is 0.185. The first kappa shape index (κ1) is 20.8. The third kappa shape index (κ3) is 4.83. The van der Waals surface area contributed by atoms with Gasteiger partial charge in [0.1, 0.15) is 0 Å². The van der Waals surface area contributed by atoms with Crippen molar-refractivity contribution in [2.45, 2.75) is 25.2 Å². The molecule has 31 heavy (non-hydrogen) atoms. The Labute approximate surface area is 182 Å². The first-order valence-electron chi connectivity index (χ1n) is 10.1. The summed E-state index contributed by atoms with van der Waals surface area (Å²) in [6.07, 6.45) is 0.776. The molecule has 4 aromatic rings. The summed E-state index contributed by atoms with van der Waals surface area (Å²) in [6.45, 7) is 4.43. The molecule has 0 atom stereocenters. The van der Waals surface area contributed by atoms with E-state index in [1.54, 1.807) is 18.2 Å². The van der Waals surface area contributed by atoms with Crippen molar-refractivity contribution < 1.29 is 8.42 Å². The lowest BCUT2D eigenvalue weighted by atomic mass is 10.1. The average Bonchev–Trinajstić information content (AvgIpc) is 2.76. The lowest BCUT2D eigenvalue weighted by molar-refractivity contribution is 0.601. The molecule has 158 valence electrons. The third-order valence-electron chi connectivity index (χ3n) is 5.14. The fourth-order valence-corrected chi connectivity index (χ4v) is 4.33. The van der Waals surface area contributed by atoms with Gasteiger partial charge in [0.2, 0.25) is 0 Å². The molecule has 3 aromatic carbocycles. The molecule has 0 aliphatic carbocycles. The van der Waals surface area contributed by atoms with Gasteiger partial charge < -0.3 is 5.32 Å². The Kier molecular flexibility index (Phi) is 5.86. The van der Waals surface area contributed by atoms with Gasteiger partial charge in [0, 0.05) is 6.54 Å². The maximum Gasteiger partial charge on any atom is 0.263 e. The predicted octanol–water partition coefficient (Wildman–Crippen LogP) is 4.70. The number of aromatic nitrogens is 2. The summed E-state index contributed by atoms with van der Waals surface area (Å²) in [7, 11) is -3.81. The Morgan fingerprint density at radius 1 is 0.774 bits per heavy atom. The molecule has 6 nitrogen and oxygen atoms in total. The molecule has 0 radical (unpaired) electrons. The van der Waals surface area contributed by atoms with Crippen LogP contribution < -0.4 is 10.0 Å². The van der Waals surface area contributed by atoms with Crippen LogP contribution in [0.1, 0.15) is 16.7 Å². The highest BCUT2D eigenvalue weighted by Gasteiger charge is 2.19. The van der Waals surface area contributed by atoms with E-state index in [4.69, 9.17) is 0 Å². The summed E-state index contributed by atoms with van der Waals surface area (Å²) in [4.78, 5) is 9.35. The zero-order valence-electron chi connectivity index (χ0n) is 17.5. The molecule has 0 bridgehead atoms. The topological polar surface area (TPSA) is 84.0 Å². The number of nitrogens with one attached hydrogen (secondary N) is 2. The van der Waals surface area contributed by atoms with Crippen molar-refractivity contribution in [2.75, 3.05) is 16.6 Å². The van der Waals surface area contributed by atoms with Crippen LogP contribution in [0.2, 0.25) is 0 Å². The molecular weight excluding hydrogens is 408 g/mol. The van der Waals surface area contributed by atoms with Crippen LogP contribution in [0, 0.1) is 13.8 Å². The number of hydrogen-bond donors (Lipinski definition) is 2. The fraction of sp³-hybridized carbons (Fsp3) is 0.167. The van der Waals surface area contributed by atoms with Crippen LogP contribution in [0.5, 0.6) is 0 Å². The SMILES string of the molecule is Cc1ccc(S(=O)(=O)Nc2nc3ccccc3nc2NCCc2ccccc2)cc1C. The van der Waals surface area contributed by atoms with Crippen LogP contribution in [-0.2, 0) is 16.4 Å². The van der Waals surface area contributed by atoms with E-state index in [0.29, 0.717) is 23.4 Å². The van der Waals surface area contributed by atoms with Gasteiger partial charge in [-0.3, -0.25) is 4.72 Å². The van der Waals surface area contributed by atoms with Gasteiger partial charge >= 0.3 is 0 Å². The summed E-state index contributed by atoms with van der Waals surface area (Å²) < 4.78 is 28.7. The predicted molar refractivity (Wildman–Crippen MR) is 125 cm³/mol. The first-order chi connectivity index (χ1) is 14.9. The second-order valence-corrected chi connectivity index (χ2v) is 9.11. The van der Waals surface area contributed by atoms with E-state index in [-0.39, 0.29) is 10.7 Å². The number of nitrogens with zero attached hydrogens (tertiary/aromatic N) is 2. The van der Waals surface area contributed by atoms with Crippen molar-refractivity contribution >= 4 is 32.7 Å². The Morgan fingerprint density at radius 2 is 1.42 bits per heavy atom. The number of rotatable bonds is 7. The maximum atomic E-state index is 13.0. The zero-order valence-corrected chi connectivity index (χ0v) is 18.3. The molecular formula is C24H24N4O2S. The molecule has 4 rings (SSSR count). The number of sulfonamides is 1. The number of para-hydroxylation sites is 2. The molecule has 0 amide bonds. The van der Waals surface area contributed by atoms with Crippen LogP contribution in [0.4, 0.5) is 11.6 Å². The molecule has 0 spiro atoms. The van der Waals surface area contributed by atoms with Crippen molar-refractivity contribution in [1.82, 2.24) is 9.97 Å². The number of hydrogen-bond acceptors (Lipinski definition) is 5. The third-order valence-corrected chi connectivity index (χ3v) is 6.48. The first-order valence-corrected chi connectivity index (χ1v) is 11.6. The van der Waals surface area contributed by atoms with E-state index < -0.39 is 10.0 Å². The number of anilines is 2. The van der Waals surface area contributed by atoms with Crippen LogP contribution in [0.3, 0.4) is 0 Å². The second kappa shape index (κ2) is 8.73.